The van der Waals surface area contributed by atoms with E-state index in [1.165, 1.54) is 7.11 Å². The van der Waals surface area contributed by atoms with Gasteiger partial charge >= 0.3 is 5.97 Å². The maximum absolute atomic E-state index is 11.4. The quantitative estimate of drug-likeness (QED) is 0.446. The van der Waals surface area contributed by atoms with Gasteiger partial charge in [-0.1, -0.05) is 5.57 Å². The van der Waals surface area contributed by atoms with E-state index in [0.29, 0.717) is 12.0 Å². The van der Waals surface area contributed by atoms with Gasteiger partial charge in [-0.3, -0.25) is 4.79 Å². The van der Waals surface area contributed by atoms with Crippen LogP contribution in [0.2, 0.25) is 0 Å². The minimum absolute atomic E-state index is 0.207. The molecule has 0 saturated carbocycles. The Balaban J connectivity index is 2.95. The van der Waals surface area contributed by atoms with Gasteiger partial charge in [-0.15, -0.1) is 0 Å². The summed E-state index contributed by atoms with van der Waals surface area (Å²) in [7, 11) is 1.24. The highest BCUT2D eigenvalue weighted by Crippen LogP contribution is 2.37. The molecule has 0 unspecified atom stereocenters. The Kier molecular flexibility index (Phi) is 4.46. The van der Waals surface area contributed by atoms with Crippen molar-refractivity contribution in [3.63, 3.8) is 0 Å². The summed E-state index contributed by atoms with van der Waals surface area (Å²) in [5.41, 5.74) is 1.51. The number of rotatable bonds is 4. The molecular formula is C11H18O5. The van der Waals surface area contributed by atoms with E-state index in [1.807, 2.05) is 0 Å². The van der Waals surface area contributed by atoms with E-state index in [4.69, 9.17) is 0 Å². The molecule has 0 saturated heterocycles. The molecule has 0 aliphatic heterocycles. The lowest BCUT2D eigenvalue weighted by Crippen LogP contribution is -2.35. The fourth-order valence-corrected chi connectivity index (χ4v) is 2.33. The predicted molar refractivity (Wildman–Crippen MR) is 56.5 cm³/mol. The first-order valence-electron chi connectivity index (χ1n) is 5.22. The standard InChI is InChI=1S/C11H18O5/c1-6-3-9(14)10(7(6)4-12)8(5-13)11(15)16-2/h8-10,12-14H,3-5H2,1-2H3/t8-,9-,10+/m1/s1. The van der Waals surface area contributed by atoms with Gasteiger partial charge < -0.3 is 20.1 Å². The van der Waals surface area contributed by atoms with Crippen molar-refractivity contribution >= 4 is 5.97 Å². The van der Waals surface area contributed by atoms with E-state index in [2.05, 4.69) is 4.74 Å². The summed E-state index contributed by atoms with van der Waals surface area (Å²) in [5, 5.41) is 28.2. The Bertz CT molecular complexity index is 297. The molecule has 16 heavy (non-hydrogen) atoms. The molecule has 0 amide bonds. The molecule has 0 radical (unpaired) electrons. The molecule has 5 nitrogen and oxygen atoms in total. The van der Waals surface area contributed by atoms with Crippen LogP contribution in [0.5, 0.6) is 0 Å². The summed E-state index contributed by atoms with van der Waals surface area (Å²) in [6, 6.07) is 0. The van der Waals surface area contributed by atoms with Crippen molar-refractivity contribution in [3.8, 4) is 0 Å². The Labute approximate surface area is 94.4 Å². The van der Waals surface area contributed by atoms with Gasteiger partial charge in [-0.05, 0) is 18.9 Å². The third-order valence-corrected chi connectivity index (χ3v) is 3.18. The van der Waals surface area contributed by atoms with Crippen LogP contribution in [0.3, 0.4) is 0 Å². The number of carbonyl (C=O) groups excluding carboxylic acids is 1. The van der Waals surface area contributed by atoms with Crippen molar-refractivity contribution in [3.05, 3.63) is 11.1 Å². The monoisotopic (exact) mass is 230 g/mol. The summed E-state index contributed by atoms with van der Waals surface area (Å²) >= 11 is 0. The zero-order valence-electron chi connectivity index (χ0n) is 9.51. The maximum atomic E-state index is 11.4. The van der Waals surface area contributed by atoms with E-state index in [1.54, 1.807) is 6.92 Å². The minimum atomic E-state index is -0.806. The first kappa shape index (κ1) is 13.2. The molecule has 0 aromatic carbocycles. The molecular weight excluding hydrogens is 212 g/mol. The average Bonchev–Trinajstić information content (AvgIpc) is 2.54. The molecule has 3 N–H and O–H groups in total. The van der Waals surface area contributed by atoms with Gasteiger partial charge in [0.25, 0.3) is 0 Å². The minimum Gasteiger partial charge on any atom is -0.469 e. The number of aliphatic hydroxyl groups excluding tert-OH is 3. The third-order valence-electron chi connectivity index (χ3n) is 3.18. The lowest BCUT2D eigenvalue weighted by atomic mass is 9.85. The average molecular weight is 230 g/mol. The van der Waals surface area contributed by atoms with Crippen LogP contribution >= 0.6 is 0 Å². The molecule has 0 aromatic rings. The first-order valence-corrected chi connectivity index (χ1v) is 5.22. The number of aliphatic hydroxyl groups is 3. The van der Waals surface area contributed by atoms with E-state index in [0.717, 1.165) is 5.57 Å². The highest BCUT2D eigenvalue weighted by Gasteiger charge is 2.40. The molecule has 0 bridgehead atoms. The number of carbonyl (C=O) groups is 1. The van der Waals surface area contributed by atoms with E-state index < -0.39 is 30.5 Å². The van der Waals surface area contributed by atoms with Crippen LogP contribution in [0.4, 0.5) is 0 Å². The van der Waals surface area contributed by atoms with Crippen LogP contribution in [0.25, 0.3) is 0 Å². The Morgan fingerprint density at radius 2 is 2.19 bits per heavy atom. The summed E-state index contributed by atoms with van der Waals surface area (Å²) < 4.78 is 4.58. The second kappa shape index (κ2) is 5.43. The van der Waals surface area contributed by atoms with Crippen molar-refractivity contribution in [2.45, 2.75) is 19.4 Å². The fourth-order valence-electron chi connectivity index (χ4n) is 2.33. The van der Waals surface area contributed by atoms with Crippen molar-refractivity contribution in [2.75, 3.05) is 20.3 Å². The molecule has 0 spiro atoms. The lowest BCUT2D eigenvalue weighted by Gasteiger charge is -2.24. The Morgan fingerprint density at radius 1 is 1.56 bits per heavy atom. The highest BCUT2D eigenvalue weighted by molar-refractivity contribution is 5.73. The van der Waals surface area contributed by atoms with Crippen molar-refractivity contribution in [2.24, 2.45) is 11.8 Å². The number of methoxy groups -OCH3 is 1. The van der Waals surface area contributed by atoms with E-state index >= 15 is 0 Å². The summed E-state index contributed by atoms with van der Waals surface area (Å²) in [5.74, 6) is -1.91. The first-order chi connectivity index (χ1) is 7.56. The molecule has 5 heteroatoms. The van der Waals surface area contributed by atoms with Crippen LogP contribution in [0.1, 0.15) is 13.3 Å². The van der Waals surface area contributed by atoms with Gasteiger partial charge in [-0.2, -0.15) is 0 Å². The normalized spacial score (nSPS) is 27.1. The molecule has 1 aliphatic carbocycles. The molecule has 0 aromatic heterocycles. The van der Waals surface area contributed by atoms with Gasteiger partial charge in [0.05, 0.1) is 32.3 Å². The summed E-state index contributed by atoms with van der Waals surface area (Å²) in [6.07, 6.45) is -0.313. The van der Waals surface area contributed by atoms with Crippen molar-refractivity contribution in [1.82, 2.24) is 0 Å². The number of hydrogen-bond donors (Lipinski definition) is 3. The molecule has 3 atom stereocenters. The van der Waals surface area contributed by atoms with Crippen molar-refractivity contribution in [1.29, 1.82) is 0 Å². The van der Waals surface area contributed by atoms with Crippen LogP contribution < -0.4 is 0 Å². The van der Waals surface area contributed by atoms with Gasteiger partial charge in [0, 0.05) is 5.92 Å². The molecule has 0 fully saturated rings. The summed E-state index contributed by atoms with van der Waals surface area (Å²) in [4.78, 5) is 11.4. The Morgan fingerprint density at radius 3 is 2.62 bits per heavy atom. The topological polar surface area (TPSA) is 87.0 Å². The largest absolute Gasteiger partial charge is 0.469 e. The molecule has 0 heterocycles. The Hall–Kier alpha value is -0.910. The lowest BCUT2D eigenvalue weighted by molar-refractivity contribution is -0.150. The van der Waals surface area contributed by atoms with E-state index in [9.17, 15) is 20.1 Å². The maximum Gasteiger partial charge on any atom is 0.311 e. The number of hydrogen-bond acceptors (Lipinski definition) is 5. The second-order valence-electron chi connectivity index (χ2n) is 4.07. The smallest absolute Gasteiger partial charge is 0.311 e. The zero-order valence-corrected chi connectivity index (χ0v) is 9.51. The molecule has 1 aliphatic rings. The van der Waals surface area contributed by atoms with Crippen LogP contribution in [0.15, 0.2) is 11.1 Å². The third kappa shape index (κ3) is 2.26. The van der Waals surface area contributed by atoms with Crippen molar-refractivity contribution < 1.29 is 24.9 Å². The van der Waals surface area contributed by atoms with Gasteiger partial charge in [0.15, 0.2) is 0 Å². The SMILES string of the molecule is COC(=O)[C@H](CO)[C@@H]1C(CO)=C(C)C[C@H]1O. The number of esters is 1. The molecule has 1 rings (SSSR count). The zero-order chi connectivity index (χ0) is 12.3. The van der Waals surface area contributed by atoms with Crippen LogP contribution in [-0.4, -0.2) is 47.7 Å². The summed E-state index contributed by atoms with van der Waals surface area (Å²) in [6.45, 7) is 1.20. The van der Waals surface area contributed by atoms with Gasteiger partial charge in [-0.25, -0.2) is 0 Å². The molecule has 92 valence electrons. The van der Waals surface area contributed by atoms with E-state index in [-0.39, 0.29) is 6.61 Å². The second-order valence-corrected chi connectivity index (χ2v) is 4.07. The predicted octanol–water partition coefficient (Wildman–Crippen LogP) is -0.543. The van der Waals surface area contributed by atoms with Crippen LogP contribution in [0, 0.1) is 11.8 Å². The van der Waals surface area contributed by atoms with Gasteiger partial charge in [0.2, 0.25) is 0 Å². The fraction of sp³-hybridized carbons (Fsp3) is 0.727. The highest BCUT2D eigenvalue weighted by atomic mass is 16.5. The van der Waals surface area contributed by atoms with Gasteiger partial charge in [0.1, 0.15) is 0 Å². The van der Waals surface area contributed by atoms with Crippen LogP contribution in [-0.2, 0) is 9.53 Å². The number of ether oxygens (including phenoxy) is 1.